The molecule has 0 aliphatic carbocycles. The maximum atomic E-state index is 12.4. The molecule has 6 nitrogen and oxygen atoms in total. The van der Waals surface area contributed by atoms with Crippen LogP contribution < -0.4 is 10.2 Å². The van der Waals surface area contributed by atoms with E-state index in [2.05, 4.69) is 15.2 Å². The van der Waals surface area contributed by atoms with Gasteiger partial charge < -0.3 is 19.4 Å². The van der Waals surface area contributed by atoms with Crippen LogP contribution in [0.25, 0.3) is 11.1 Å². The molecule has 25 heavy (non-hydrogen) atoms. The molecule has 0 bridgehead atoms. The normalized spacial score (nSPS) is 18.0. The first-order valence-corrected chi connectivity index (χ1v) is 9.13. The first-order chi connectivity index (χ1) is 12.1. The number of amides is 1. The second-order valence-corrected chi connectivity index (χ2v) is 6.81. The summed E-state index contributed by atoms with van der Waals surface area (Å²) in [4.78, 5) is 19.0. The molecule has 136 valence electrons. The molecule has 1 aliphatic rings. The molecule has 1 amide bonds. The van der Waals surface area contributed by atoms with Gasteiger partial charge in [-0.05, 0) is 45.2 Å². The number of nitrogens with zero attached hydrogens (tertiary/aromatic N) is 2. The van der Waals surface area contributed by atoms with Crippen molar-refractivity contribution in [1.29, 1.82) is 0 Å². The largest absolute Gasteiger partial charge is 0.423 e. The number of hydrogen-bond acceptors (Lipinski definition) is 5. The van der Waals surface area contributed by atoms with E-state index >= 15 is 0 Å². The lowest BCUT2D eigenvalue weighted by atomic mass is 9.97. The van der Waals surface area contributed by atoms with Gasteiger partial charge in [-0.1, -0.05) is 12.1 Å². The molecule has 1 fully saturated rings. The van der Waals surface area contributed by atoms with Crippen LogP contribution in [0.5, 0.6) is 0 Å². The van der Waals surface area contributed by atoms with Crippen LogP contribution in [0.1, 0.15) is 33.1 Å². The summed E-state index contributed by atoms with van der Waals surface area (Å²) in [6.45, 7) is 6.89. The number of aromatic nitrogens is 1. The second-order valence-electron chi connectivity index (χ2n) is 6.81. The molecule has 1 aliphatic heterocycles. The lowest BCUT2D eigenvalue weighted by Gasteiger charge is -2.30. The van der Waals surface area contributed by atoms with Gasteiger partial charge in [-0.2, -0.15) is 4.98 Å². The van der Waals surface area contributed by atoms with E-state index in [-0.39, 0.29) is 17.9 Å². The number of oxazole rings is 1. The minimum Gasteiger partial charge on any atom is -0.423 e. The quantitative estimate of drug-likeness (QED) is 0.782. The zero-order chi connectivity index (χ0) is 17.6. The van der Waals surface area contributed by atoms with E-state index in [0.29, 0.717) is 25.7 Å². The minimum absolute atomic E-state index is 0.0187. The molecule has 3 rings (SSSR count). The fourth-order valence-corrected chi connectivity index (χ4v) is 3.11. The van der Waals surface area contributed by atoms with Crippen molar-refractivity contribution in [3.05, 3.63) is 24.3 Å². The van der Waals surface area contributed by atoms with Crippen LogP contribution in [0.15, 0.2) is 28.7 Å². The van der Waals surface area contributed by atoms with Gasteiger partial charge in [-0.25, -0.2) is 0 Å². The van der Waals surface area contributed by atoms with Gasteiger partial charge in [0, 0.05) is 26.2 Å². The molecule has 1 unspecified atom stereocenters. The number of para-hydroxylation sites is 2. The third kappa shape index (κ3) is 4.72. The van der Waals surface area contributed by atoms with Crippen molar-refractivity contribution in [3.63, 3.8) is 0 Å². The zero-order valence-electron chi connectivity index (χ0n) is 15.0. The second kappa shape index (κ2) is 8.34. The summed E-state index contributed by atoms with van der Waals surface area (Å²) < 4.78 is 11.3. The molecule has 2 heterocycles. The first kappa shape index (κ1) is 17.7. The molecule has 6 heteroatoms. The lowest BCUT2D eigenvalue weighted by Crippen LogP contribution is -2.43. The molecule has 0 spiro atoms. The number of fused-ring (bicyclic) bond motifs is 1. The standard InChI is InChI=1S/C19H27N3O3/c1-14(2)24-12-6-10-20-18(23)15-7-5-11-22(13-15)19-21-16-8-3-4-9-17(16)25-19/h3-4,8-9,14-15H,5-7,10-13H2,1-2H3,(H,20,23). The summed E-state index contributed by atoms with van der Waals surface area (Å²) in [6, 6.07) is 8.36. The van der Waals surface area contributed by atoms with E-state index in [4.69, 9.17) is 9.15 Å². The van der Waals surface area contributed by atoms with E-state index in [1.807, 2.05) is 38.1 Å². The number of anilines is 1. The predicted molar refractivity (Wildman–Crippen MR) is 97.7 cm³/mol. The summed E-state index contributed by atoms with van der Waals surface area (Å²) in [7, 11) is 0. The summed E-state index contributed by atoms with van der Waals surface area (Å²) in [5.74, 6) is 0.0973. The van der Waals surface area contributed by atoms with Crippen molar-refractivity contribution in [2.24, 2.45) is 5.92 Å². The van der Waals surface area contributed by atoms with Crippen LogP contribution in [-0.2, 0) is 9.53 Å². The highest BCUT2D eigenvalue weighted by Crippen LogP contribution is 2.26. The van der Waals surface area contributed by atoms with Crippen molar-refractivity contribution in [3.8, 4) is 0 Å². The molecule has 0 radical (unpaired) electrons. The first-order valence-electron chi connectivity index (χ1n) is 9.13. The van der Waals surface area contributed by atoms with Crippen molar-refractivity contribution in [2.45, 2.75) is 39.2 Å². The average Bonchev–Trinajstić information content (AvgIpc) is 3.05. The average molecular weight is 345 g/mol. The molecule has 1 N–H and O–H groups in total. The highest BCUT2D eigenvalue weighted by molar-refractivity contribution is 5.79. The van der Waals surface area contributed by atoms with Crippen LogP contribution >= 0.6 is 0 Å². The van der Waals surface area contributed by atoms with E-state index in [0.717, 1.165) is 36.9 Å². The molecule has 1 aromatic heterocycles. The van der Waals surface area contributed by atoms with Gasteiger partial charge in [0.15, 0.2) is 5.58 Å². The Kier molecular flexibility index (Phi) is 5.91. The fourth-order valence-electron chi connectivity index (χ4n) is 3.11. The van der Waals surface area contributed by atoms with Gasteiger partial charge >= 0.3 is 0 Å². The highest BCUT2D eigenvalue weighted by atomic mass is 16.5. The van der Waals surface area contributed by atoms with Gasteiger partial charge in [0.1, 0.15) is 5.52 Å². The van der Waals surface area contributed by atoms with Crippen LogP contribution in [0.4, 0.5) is 6.01 Å². The number of nitrogens with one attached hydrogen (secondary N) is 1. The van der Waals surface area contributed by atoms with Crippen molar-refractivity contribution >= 4 is 23.0 Å². The predicted octanol–water partition coefficient (Wildman–Crippen LogP) is 2.98. The molecular weight excluding hydrogens is 318 g/mol. The Bertz CT molecular complexity index is 665. The molecule has 1 saturated heterocycles. The Hall–Kier alpha value is -2.08. The number of hydrogen-bond donors (Lipinski definition) is 1. The third-order valence-corrected chi connectivity index (χ3v) is 4.42. The summed E-state index contributed by atoms with van der Waals surface area (Å²) >= 11 is 0. The minimum atomic E-state index is -0.0187. The lowest BCUT2D eigenvalue weighted by molar-refractivity contribution is -0.125. The summed E-state index contributed by atoms with van der Waals surface area (Å²) in [5, 5.41) is 3.03. The van der Waals surface area contributed by atoms with Gasteiger partial charge in [-0.3, -0.25) is 4.79 Å². The van der Waals surface area contributed by atoms with E-state index in [1.54, 1.807) is 0 Å². The summed E-state index contributed by atoms with van der Waals surface area (Å²) in [6.07, 6.45) is 2.95. The van der Waals surface area contributed by atoms with Crippen LogP contribution in [0, 0.1) is 5.92 Å². The van der Waals surface area contributed by atoms with E-state index in [9.17, 15) is 4.79 Å². The number of carbonyl (C=O) groups excluding carboxylic acids is 1. The van der Waals surface area contributed by atoms with Crippen LogP contribution in [-0.4, -0.2) is 43.2 Å². The van der Waals surface area contributed by atoms with Crippen molar-refractivity contribution in [1.82, 2.24) is 10.3 Å². The molecule has 1 atom stereocenters. The Labute approximate surface area is 148 Å². The smallest absolute Gasteiger partial charge is 0.298 e. The monoisotopic (exact) mass is 345 g/mol. The zero-order valence-corrected chi connectivity index (χ0v) is 15.0. The molecule has 1 aromatic carbocycles. The summed E-state index contributed by atoms with van der Waals surface area (Å²) in [5.41, 5.74) is 1.64. The SMILES string of the molecule is CC(C)OCCCNC(=O)C1CCCN(c2nc3ccccc3o2)C1. The maximum Gasteiger partial charge on any atom is 0.298 e. The number of rotatable bonds is 7. The maximum absolute atomic E-state index is 12.4. The Morgan fingerprint density at radius 1 is 1.44 bits per heavy atom. The number of benzene rings is 1. The number of carbonyl (C=O) groups is 1. The van der Waals surface area contributed by atoms with Gasteiger partial charge in [-0.15, -0.1) is 0 Å². The van der Waals surface area contributed by atoms with Crippen molar-refractivity contribution < 1.29 is 13.9 Å². The fraction of sp³-hybridized carbons (Fsp3) is 0.579. The third-order valence-electron chi connectivity index (χ3n) is 4.42. The van der Waals surface area contributed by atoms with Crippen molar-refractivity contribution in [2.75, 3.05) is 31.1 Å². The van der Waals surface area contributed by atoms with Crippen LogP contribution in [0.3, 0.4) is 0 Å². The Morgan fingerprint density at radius 3 is 3.08 bits per heavy atom. The Balaban J connectivity index is 1.51. The Morgan fingerprint density at radius 2 is 2.28 bits per heavy atom. The van der Waals surface area contributed by atoms with Gasteiger partial charge in [0.2, 0.25) is 5.91 Å². The number of ether oxygens (including phenoxy) is 1. The van der Waals surface area contributed by atoms with Gasteiger partial charge in [0.05, 0.1) is 12.0 Å². The number of piperidine rings is 1. The molecule has 0 saturated carbocycles. The topological polar surface area (TPSA) is 67.6 Å². The van der Waals surface area contributed by atoms with E-state index < -0.39 is 0 Å². The molecular formula is C19H27N3O3. The highest BCUT2D eigenvalue weighted by Gasteiger charge is 2.28. The van der Waals surface area contributed by atoms with Gasteiger partial charge in [0.25, 0.3) is 6.01 Å². The van der Waals surface area contributed by atoms with Crippen LogP contribution in [0.2, 0.25) is 0 Å². The van der Waals surface area contributed by atoms with E-state index in [1.165, 1.54) is 0 Å². The molecule has 2 aromatic rings.